The van der Waals surface area contributed by atoms with Crippen LogP contribution in [0.2, 0.25) is 0 Å². The molecule has 0 spiro atoms. The van der Waals surface area contributed by atoms with E-state index in [2.05, 4.69) is 107 Å². The van der Waals surface area contributed by atoms with Crippen molar-refractivity contribution in [3.8, 4) is 22.3 Å². The van der Waals surface area contributed by atoms with Gasteiger partial charge in [0, 0.05) is 18.2 Å². The molecule has 0 saturated heterocycles. The number of imidazole rings is 1. The summed E-state index contributed by atoms with van der Waals surface area (Å²) in [5.74, 6) is 0.831. The summed E-state index contributed by atoms with van der Waals surface area (Å²) in [4.78, 5) is 13.0. The van der Waals surface area contributed by atoms with Gasteiger partial charge in [-0.15, -0.1) is 0 Å². The standard InChI is InChI=1S/C31H37N5/c1-30(2,3)27(32)26-17-22-15-20(11-13-23(22)34-26)18-7-9-19(10-8-18)21-12-14-24-25(16-21)36-29(35-24)28(33)31(4,5)6/h7-16,27-28H,17,32-33H2,1-6H3,(H,35,36)/t27-,28-/m1/s1. The van der Waals surface area contributed by atoms with Gasteiger partial charge in [-0.1, -0.05) is 77.9 Å². The molecule has 2 heterocycles. The minimum atomic E-state index is -0.148. The van der Waals surface area contributed by atoms with Crippen LogP contribution >= 0.6 is 0 Å². The maximum atomic E-state index is 6.48. The molecule has 5 N–H and O–H groups in total. The van der Waals surface area contributed by atoms with Gasteiger partial charge < -0.3 is 16.5 Å². The minimum Gasteiger partial charge on any atom is -0.341 e. The van der Waals surface area contributed by atoms with Gasteiger partial charge in [-0.3, -0.25) is 4.99 Å². The van der Waals surface area contributed by atoms with Crippen molar-refractivity contribution >= 4 is 22.4 Å². The molecule has 0 saturated carbocycles. The number of hydrogen-bond donors (Lipinski definition) is 3. The van der Waals surface area contributed by atoms with E-state index in [-0.39, 0.29) is 22.9 Å². The van der Waals surface area contributed by atoms with E-state index < -0.39 is 0 Å². The van der Waals surface area contributed by atoms with Crippen LogP contribution in [-0.4, -0.2) is 21.7 Å². The van der Waals surface area contributed by atoms with Gasteiger partial charge in [0.2, 0.25) is 0 Å². The molecule has 1 aliphatic heterocycles. The number of hydrogen-bond acceptors (Lipinski definition) is 4. The van der Waals surface area contributed by atoms with Crippen molar-refractivity contribution in [3.05, 3.63) is 72.1 Å². The molecule has 36 heavy (non-hydrogen) atoms. The Morgan fingerprint density at radius 1 is 0.722 bits per heavy atom. The highest BCUT2D eigenvalue weighted by molar-refractivity contribution is 5.98. The number of benzene rings is 3. The number of H-pyrrole nitrogens is 1. The quantitative estimate of drug-likeness (QED) is 0.296. The Hall–Kier alpha value is -3.28. The molecule has 5 nitrogen and oxygen atoms in total. The molecule has 0 radical (unpaired) electrons. The number of rotatable bonds is 4. The molecule has 4 aromatic rings. The average molecular weight is 480 g/mol. The second kappa shape index (κ2) is 8.68. The first-order chi connectivity index (χ1) is 16.9. The van der Waals surface area contributed by atoms with Gasteiger partial charge in [0.25, 0.3) is 0 Å². The van der Waals surface area contributed by atoms with Crippen LogP contribution in [0.25, 0.3) is 33.3 Å². The van der Waals surface area contributed by atoms with Crippen LogP contribution in [0.5, 0.6) is 0 Å². The third-order valence-corrected chi connectivity index (χ3v) is 7.29. The van der Waals surface area contributed by atoms with Crippen LogP contribution < -0.4 is 11.5 Å². The second-order valence-electron chi connectivity index (χ2n) is 12.2. The SMILES string of the molecule is CC(C)(C)[C@H](N)C1=Nc2ccc(-c3ccc(-c4ccc5nc([C@@H](N)C(C)(C)C)[nH]c5c4)cc3)cc2C1. The maximum absolute atomic E-state index is 6.48. The minimum absolute atomic E-state index is 0.00107. The van der Waals surface area contributed by atoms with Crippen LogP contribution in [0.4, 0.5) is 5.69 Å². The van der Waals surface area contributed by atoms with E-state index >= 15 is 0 Å². The molecule has 3 aromatic carbocycles. The lowest BCUT2D eigenvalue weighted by Crippen LogP contribution is -2.42. The van der Waals surface area contributed by atoms with Gasteiger partial charge in [0.05, 0.1) is 22.8 Å². The first-order valence-corrected chi connectivity index (χ1v) is 12.7. The zero-order valence-electron chi connectivity index (χ0n) is 22.2. The maximum Gasteiger partial charge on any atom is 0.124 e. The fraction of sp³-hybridized carbons (Fsp3) is 0.355. The van der Waals surface area contributed by atoms with Crippen molar-refractivity contribution in [2.24, 2.45) is 27.3 Å². The number of aromatic nitrogens is 2. The first kappa shape index (κ1) is 24.4. The molecule has 186 valence electrons. The predicted molar refractivity (Wildman–Crippen MR) is 152 cm³/mol. The van der Waals surface area contributed by atoms with Gasteiger partial charge in [-0.05, 0) is 62.9 Å². The van der Waals surface area contributed by atoms with Gasteiger partial charge >= 0.3 is 0 Å². The normalized spacial score (nSPS) is 15.6. The summed E-state index contributed by atoms with van der Waals surface area (Å²) < 4.78 is 0. The van der Waals surface area contributed by atoms with Gasteiger partial charge in [0.1, 0.15) is 5.82 Å². The molecule has 0 fully saturated rings. The van der Waals surface area contributed by atoms with Crippen LogP contribution in [0.15, 0.2) is 65.7 Å². The largest absolute Gasteiger partial charge is 0.341 e. The lowest BCUT2D eigenvalue weighted by molar-refractivity contribution is 0.317. The second-order valence-corrected chi connectivity index (χ2v) is 12.2. The van der Waals surface area contributed by atoms with Crippen molar-refractivity contribution in [1.82, 2.24) is 9.97 Å². The van der Waals surface area contributed by atoms with Gasteiger partial charge in [0.15, 0.2) is 0 Å². The highest BCUT2D eigenvalue weighted by atomic mass is 15.0. The molecule has 2 atom stereocenters. The average Bonchev–Trinajstić information content (AvgIpc) is 3.45. The topological polar surface area (TPSA) is 93.1 Å². The number of nitrogens with one attached hydrogen (secondary N) is 1. The van der Waals surface area contributed by atoms with Crippen molar-refractivity contribution in [2.45, 2.75) is 60.0 Å². The fourth-order valence-corrected chi connectivity index (χ4v) is 4.71. The molecule has 5 heteroatoms. The predicted octanol–water partition coefficient (Wildman–Crippen LogP) is 6.94. The molecular formula is C31H37N5. The molecular weight excluding hydrogens is 442 g/mol. The number of aromatic amines is 1. The van der Waals surface area contributed by atoms with E-state index in [0.717, 1.165) is 40.2 Å². The van der Waals surface area contributed by atoms with Crippen LogP contribution in [0.3, 0.4) is 0 Å². The fourth-order valence-electron chi connectivity index (χ4n) is 4.71. The molecule has 0 bridgehead atoms. The molecule has 1 aliphatic rings. The summed E-state index contributed by atoms with van der Waals surface area (Å²) in [6, 6.07) is 21.4. The molecule has 0 unspecified atom stereocenters. The summed E-state index contributed by atoms with van der Waals surface area (Å²) in [5.41, 5.74) is 22.9. The van der Waals surface area contributed by atoms with Crippen molar-refractivity contribution in [1.29, 1.82) is 0 Å². The molecule has 0 amide bonds. The third-order valence-electron chi connectivity index (χ3n) is 7.29. The van der Waals surface area contributed by atoms with Gasteiger partial charge in [-0.2, -0.15) is 0 Å². The first-order valence-electron chi connectivity index (χ1n) is 12.7. The molecule has 0 aliphatic carbocycles. The zero-order valence-corrected chi connectivity index (χ0v) is 22.2. The lowest BCUT2D eigenvalue weighted by atomic mass is 9.83. The van der Waals surface area contributed by atoms with Crippen LogP contribution in [-0.2, 0) is 6.42 Å². The third kappa shape index (κ3) is 4.61. The summed E-state index contributed by atoms with van der Waals surface area (Å²) in [7, 11) is 0. The Morgan fingerprint density at radius 2 is 1.28 bits per heavy atom. The van der Waals surface area contributed by atoms with E-state index in [1.807, 2.05) is 0 Å². The summed E-state index contributed by atoms with van der Waals surface area (Å²) in [5, 5.41) is 0. The lowest BCUT2D eigenvalue weighted by Gasteiger charge is -2.27. The van der Waals surface area contributed by atoms with E-state index in [1.165, 1.54) is 22.3 Å². The van der Waals surface area contributed by atoms with Crippen molar-refractivity contribution in [2.75, 3.05) is 0 Å². The molecule has 1 aromatic heterocycles. The Morgan fingerprint density at radius 3 is 1.89 bits per heavy atom. The molecule has 5 rings (SSSR count). The highest BCUT2D eigenvalue weighted by Gasteiger charge is 2.29. The highest BCUT2D eigenvalue weighted by Crippen LogP contribution is 2.35. The van der Waals surface area contributed by atoms with Crippen LogP contribution in [0.1, 0.15) is 59.0 Å². The number of fused-ring (bicyclic) bond motifs is 2. The summed E-state index contributed by atoms with van der Waals surface area (Å²) >= 11 is 0. The van der Waals surface area contributed by atoms with Crippen molar-refractivity contribution in [3.63, 3.8) is 0 Å². The number of nitrogens with two attached hydrogens (primary N) is 2. The smallest absolute Gasteiger partial charge is 0.124 e. The Kier molecular flexibility index (Phi) is 5.89. The monoisotopic (exact) mass is 479 g/mol. The van der Waals surface area contributed by atoms with E-state index in [9.17, 15) is 0 Å². The zero-order chi connectivity index (χ0) is 25.8. The number of aliphatic imine (C=N–C) groups is 1. The Balaban J connectivity index is 1.36. The Bertz CT molecular complexity index is 1450. The van der Waals surface area contributed by atoms with Gasteiger partial charge in [-0.25, -0.2) is 4.98 Å². The summed E-state index contributed by atoms with van der Waals surface area (Å²) in [6.07, 6.45) is 0.824. The summed E-state index contributed by atoms with van der Waals surface area (Å²) in [6.45, 7) is 12.9. The van der Waals surface area contributed by atoms with E-state index in [4.69, 9.17) is 21.4 Å². The number of nitrogens with zero attached hydrogens (tertiary/aromatic N) is 2. The van der Waals surface area contributed by atoms with Crippen LogP contribution in [0, 0.1) is 10.8 Å². The Labute approximate surface area is 214 Å². The van der Waals surface area contributed by atoms with Crippen molar-refractivity contribution < 1.29 is 0 Å². The van der Waals surface area contributed by atoms with E-state index in [1.54, 1.807) is 0 Å². The van der Waals surface area contributed by atoms with E-state index in [0.29, 0.717) is 0 Å².